The first-order valence-corrected chi connectivity index (χ1v) is 4.03. The molecule has 6 heteroatoms. The van der Waals surface area contributed by atoms with E-state index in [1.165, 1.54) is 0 Å². The molecular formula is C6H12ClNO4. The fraction of sp³-hybridized carbons (Fsp3) is 1.00. The highest BCUT2D eigenvalue weighted by atomic mass is 35.5. The second-order valence-electron chi connectivity index (χ2n) is 2.77. The second kappa shape index (κ2) is 3.87. The first-order valence-electron chi connectivity index (χ1n) is 3.60. The Balaban J connectivity index is 2.63. The average molecular weight is 198 g/mol. The van der Waals surface area contributed by atoms with E-state index in [0.29, 0.717) is 0 Å². The van der Waals surface area contributed by atoms with Crippen LogP contribution < -0.4 is 5.73 Å². The number of hydrogen-bond donors (Lipinski definition) is 4. The van der Waals surface area contributed by atoms with Gasteiger partial charge in [0.15, 0.2) is 0 Å². The van der Waals surface area contributed by atoms with Crippen molar-refractivity contribution in [3.63, 3.8) is 0 Å². The van der Waals surface area contributed by atoms with Gasteiger partial charge < -0.3 is 25.8 Å². The van der Waals surface area contributed by atoms with Crippen molar-refractivity contribution in [2.75, 3.05) is 6.61 Å². The zero-order valence-electron chi connectivity index (χ0n) is 6.30. The maximum atomic E-state index is 9.27. The summed E-state index contributed by atoms with van der Waals surface area (Å²) >= 11 is 5.57. The van der Waals surface area contributed by atoms with Crippen LogP contribution in [0.5, 0.6) is 0 Å². The van der Waals surface area contributed by atoms with Crippen LogP contribution in [0.3, 0.4) is 0 Å². The summed E-state index contributed by atoms with van der Waals surface area (Å²) in [5.41, 5.74) is 4.51. The van der Waals surface area contributed by atoms with Crippen molar-refractivity contribution in [1.29, 1.82) is 0 Å². The zero-order chi connectivity index (χ0) is 9.30. The largest absolute Gasteiger partial charge is 0.394 e. The molecule has 12 heavy (non-hydrogen) atoms. The third-order valence-corrected chi connectivity index (χ3v) is 2.31. The molecular weight excluding hydrogens is 186 g/mol. The van der Waals surface area contributed by atoms with E-state index in [4.69, 9.17) is 27.2 Å². The Morgan fingerprint density at radius 3 is 2.42 bits per heavy atom. The van der Waals surface area contributed by atoms with Gasteiger partial charge in [-0.3, -0.25) is 0 Å². The molecule has 0 saturated carbocycles. The van der Waals surface area contributed by atoms with Crippen molar-refractivity contribution >= 4 is 11.6 Å². The smallest absolute Gasteiger partial charge is 0.149 e. The number of halogens is 1. The lowest BCUT2D eigenvalue weighted by Crippen LogP contribution is -2.60. The lowest BCUT2D eigenvalue weighted by Gasteiger charge is -2.38. The molecule has 0 spiro atoms. The van der Waals surface area contributed by atoms with Crippen LogP contribution in [0.25, 0.3) is 0 Å². The molecule has 1 saturated heterocycles. The lowest BCUT2D eigenvalue weighted by molar-refractivity contribution is -0.167. The minimum atomic E-state index is -1.18. The predicted octanol–water partition coefficient (Wildman–Crippen LogP) is -2.01. The molecule has 72 valence electrons. The van der Waals surface area contributed by atoms with Crippen molar-refractivity contribution in [1.82, 2.24) is 0 Å². The second-order valence-corrected chi connectivity index (χ2v) is 3.20. The maximum Gasteiger partial charge on any atom is 0.149 e. The molecule has 2 unspecified atom stereocenters. The number of nitrogens with two attached hydrogens (primary N) is 1. The summed E-state index contributed by atoms with van der Waals surface area (Å²) in [6, 6.07) is -0.829. The fourth-order valence-corrected chi connectivity index (χ4v) is 1.37. The van der Waals surface area contributed by atoms with Crippen LogP contribution in [0.2, 0.25) is 0 Å². The number of ether oxygens (including phenoxy) is 1. The Morgan fingerprint density at radius 2 is 1.92 bits per heavy atom. The summed E-state index contributed by atoms with van der Waals surface area (Å²) in [7, 11) is 0. The van der Waals surface area contributed by atoms with E-state index in [9.17, 15) is 10.2 Å². The summed E-state index contributed by atoms with van der Waals surface area (Å²) in [6.45, 7) is -0.395. The van der Waals surface area contributed by atoms with Gasteiger partial charge in [-0.15, -0.1) is 0 Å². The van der Waals surface area contributed by atoms with Gasteiger partial charge in [-0.1, -0.05) is 11.6 Å². The van der Waals surface area contributed by atoms with Crippen LogP contribution in [0.15, 0.2) is 0 Å². The maximum absolute atomic E-state index is 9.27. The van der Waals surface area contributed by atoms with Crippen LogP contribution in [-0.4, -0.2) is 51.8 Å². The average Bonchev–Trinajstić information content (AvgIpc) is 2.08. The minimum absolute atomic E-state index is 0.395. The molecule has 0 aliphatic carbocycles. The Kier molecular flexibility index (Phi) is 3.28. The Hall–Kier alpha value is 0.0900. The molecule has 0 aromatic heterocycles. The minimum Gasteiger partial charge on any atom is -0.394 e. The van der Waals surface area contributed by atoms with Crippen LogP contribution in [0, 0.1) is 0 Å². The van der Waals surface area contributed by atoms with Gasteiger partial charge in [0, 0.05) is 0 Å². The molecule has 1 fully saturated rings. The highest BCUT2D eigenvalue weighted by molar-refractivity contribution is 6.20. The van der Waals surface area contributed by atoms with Gasteiger partial charge >= 0.3 is 0 Å². The molecule has 5 N–H and O–H groups in total. The van der Waals surface area contributed by atoms with E-state index in [2.05, 4.69) is 0 Å². The highest BCUT2D eigenvalue weighted by Crippen LogP contribution is 2.21. The summed E-state index contributed by atoms with van der Waals surface area (Å²) in [5, 5.41) is 27.2. The summed E-state index contributed by atoms with van der Waals surface area (Å²) in [5.74, 6) is 0. The number of hydrogen-bond acceptors (Lipinski definition) is 5. The lowest BCUT2D eigenvalue weighted by atomic mass is 9.99. The van der Waals surface area contributed by atoms with Crippen molar-refractivity contribution in [2.45, 2.75) is 29.9 Å². The van der Waals surface area contributed by atoms with Crippen molar-refractivity contribution in [3.8, 4) is 0 Å². The quantitative estimate of drug-likeness (QED) is 0.365. The van der Waals surface area contributed by atoms with Crippen LogP contribution in [0.4, 0.5) is 0 Å². The van der Waals surface area contributed by atoms with E-state index in [1.54, 1.807) is 0 Å². The van der Waals surface area contributed by atoms with Gasteiger partial charge in [-0.05, 0) is 0 Å². The van der Waals surface area contributed by atoms with Crippen molar-refractivity contribution in [2.24, 2.45) is 5.73 Å². The van der Waals surface area contributed by atoms with Crippen LogP contribution in [0.1, 0.15) is 0 Å². The van der Waals surface area contributed by atoms with E-state index < -0.39 is 36.5 Å². The zero-order valence-corrected chi connectivity index (χ0v) is 7.05. The Labute approximate surface area is 74.7 Å². The van der Waals surface area contributed by atoms with Gasteiger partial charge in [-0.2, -0.15) is 0 Å². The number of alkyl halides is 1. The molecule has 5 atom stereocenters. The van der Waals surface area contributed by atoms with E-state index in [0.717, 1.165) is 0 Å². The number of aliphatic hydroxyl groups is 3. The molecule has 0 amide bonds. The van der Waals surface area contributed by atoms with Gasteiger partial charge in [0.2, 0.25) is 0 Å². The van der Waals surface area contributed by atoms with Gasteiger partial charge in [0.05, 0.1) is 12.6 Å². The monoisotopic (exact) mass is 197 g/mol. The molecule has 0 aromatic carbocycles. The molecule has 0 bridgehead atoms. The topological polar surface area (TPSA) is 95.9 Å². The first kappa shape index (κ1) is 10.2. The van der Waals surface area contributed by atoms with Gasteiger partial charge in [0.1, 0.15) is 23.9 Å². The van der Waals surface area contributed by atoms with E-state index in [1.807, 2.05) is 0 Å². The molecule has 1 aliphatic heterocycles. The highest BCUT2D eigenvalue weighted by Gasteiger charge is 2.41. The van der Waals surface area contributed by atoms with Gasteiger partial charge in [-0.25, -0.2) is 0 Å². The Morgan fingerprint density at radius 1 is 1.33 bits per heavy atom. The Bertz CT molecular complexity index is 154. The molecule has 0 aromatic rings. The SMILES string of the molecule is NC1[C@H](Cl)OC(CO)[C@H](O)[C@H]1O. The molecule has 0 radical (unpaired) electrons. The standard InChI is InChI=1S/C6H12ClNO4/c7-6-3(8)5(11)4(10)2(1-9)12-6/h2-6,9-11H,1,8H2/t2?,3?,4-,5-,6+/m0/s1. The summed E-state index contributed by atoms with van der Waals surface area (Å²) in [6.07, 6.45) is -3.19. The third-order valence-electron chi connectivity index (χ3n) is 1.91. The summed E-state index contributed by atoms with van der Waals surface area (Å²) in [4.78, 5) is 0. The third kappa shape index (κ3) is 1.71. The molecule has 1 aliphatic rings. The normalized spacial score (nSPS) is 49.2. The predicted molar refractivity (Wildman–Crippen MR) is 41.6 cm³/mol. The molecule has 1 rings (SSSR count). The number of aliphatic hydroxyl groups excluding tert-OH is 3. The van der Waals surface area contributed by atoms with Crippen LogP contribution >= 0.6 is 11.6 Å². The van der Waals surface area contributed by atoms with Crippen LogP contribution in [-0.2, 0) is 4.74 Å². The fourth-order valence-electron chi connectivity index (χ4n) is 1.09. The van der Waals surface area contributed by atoms with Crippen molar-refractivity contribution in [3.05, 3.63) is 0 Å². The van der Waals surface area contributed by atoms with E-state index >= 15 is 0 Å². The van der Waals surface area contributed by atoms with Gasteiger partial charge in [0.25, 0.3) is 0 Å². The molecule has 1 heterocycles. The summed E-state index contributed by atoms with van der Waals surface area (Å²) < 4.78 is 4.91. The molecule has 5 nitrogen and oxygen atoms in total. The number of rotatable bonds is 1. The van der Waals surface area contributed by atoms with E-state index in [-0.39, 0.29) is 0 Å². The van der Waals surface area contributed by atoms with Crippen molar-refractivity contribution < 1.29 is 20.1 Å². The first-order chi connectivity index (χ1) is 5.57.